The van der Waals surface area contributed by atoms with Crippen LogP contribution in [0.3, 0.4) is 0 Å². The summed E-state index contributed by atoms with van der Waals surface area (Å²) in [7, 11) is 0. The predicted molar refractivity (Wildman–Crippen MR) is 72.5 cm³/mol. The fourth-order valence-electron chi connectivity index (χ4n) is 1.76. The van der Waals surface area contributed by atoms with Crippen LogP contribution in [-0.2, 0) is 0 Å². The summed E-state index contributed by atoms with van der Waals surface area (Å²) in [6, 6.07) is 7.80. The third-order valence-corrected chi connectivity index (χ3v) is 3.41. The van der Waals surface area contributed by atoms with Crippen molar-refractivity contribution in [3.63, 3.8) is 0 Å². The van der Waals surface area contributed by atoms with Crippen molar-refractivity contribution in [1.82, 2.24) is 9.97 Å². The molecule has 1 heterocycles. The van der Waals surface area contributed by atoms with E-state index in [1.165, 1.54) is 6.33 Å². The third kappa shape index (κ3) is 2.59. The van der Waals surface area contributed by atoms with Crippen molar-refractivity contribution in [3.05, 3.63) is 30.6 Å². The molecular weight excluding hydrogens is 226 g/mol. The van der Waals surface area contributed by atoms with Gasteiger partial charge in [-0.1, -0.05) is 26.0 Å². The van der Waals surface area contributed by atoms with Crippen molar-refractivity contribution in [3.8, 4) is 5.88 Å². The first-order valence-electron chi connectivity index (χ1n) is 6.30. The van der Waals surface area contributed by atoms with E-state index in [0.29, 0.717) is 12.5 Å². The molecule has 0 saturated carbocycles. The number of para-hydroxylation sites is 1. The molecule has 2 N–H and O–H groups in total. The van der Waals surface area contributed by atoms with Gasteiger partial charge in [0.2, 0.25) is 5.88 Å². The number of rotatable bonds is 5. The summed E-state index contributed by atoms with van der Waals surface area (Å²) in [5.74, 6) is 0.609. The minimum Gasteiger partial charge on any atom is -0.475 e. The maximum absolute atomic E-state index is 6.22. The van der Waals surface area contributed by atoms with E-state index in [-0.39, 0.29) is 5.54 Å². The van der Waals surface area contributed by atoms with Gasteiger partial charge in [-0.3, -0.25) is 0 Å². The highest BCUT2D eigenvalue weighted by Crippen LogP contribution is 2.22. The van der Waals surface area contributed by atoms with Crippen LogP contribution >= 0.6 is 0 Å². The molecule has 1 aromatic carbocycles. The second-order valence-electron chi connectivity index (χ2n) is 4.55. The topological polar surface area (TPSA) is 61.0 Å². The molecule has 4 heteroatoms. The first-order chi connectivity index (χ1) is 8.68. The Labute approximate surface area is 107 Å². The SMILES string of the molecule is CCC(N)(CC)COc1ncnc2ccccc12. The fraction of sp³-hybridized carbons (Fsp3) is 0.429. The summed E-state index contributed by atoms with van der Waals surface area (Å²) in [6.45, 7) is 4.62. The summed E-state index contributed by atoms with van der Waals surface area (Å²) in [5, 5.41) is 0.926. The molecule has 4 nitrogen and oxygen atoms in total. The zero-order valence-electron chi connectivity index (χ0n) is 10.9. The number of hydrogen-bond donors (Lipinski definition) is 1. The molecule has 0 bridgehead atoms. The Hall–Kier alpha value is -1.68. The normalized spacial score (nSPS) is 11.7. The molecule has 0 aliphatic heterocycles. The van der Waals surface area contributed by atoms with Crippen molar-refractivity contribution in [2.24, 2.45) is 5.73 Å². The Bertz CT molecular complexity index is 518. The Morgan fingerprint density at radius 3 is 2.61 bits per heavy atom. The summed E-state index contributed by atoms with van der Waals surface area (Å²) in [4.78, 5) is 8.39. The van der Waals surface area contributed by atoms with Gasteiger partial charge in [0, 0.05) is 5.54 Å². The van der Waals surface area contributed by atoms with Gasteiger partial charge in [0.15, 0.2) is 0 Å². The van der Waals surface area contributed by atoms with Crippen LogP contribution in [0.25, 0.3) is 10.9 Å². The molecule has 0 spiro atoms. The Balaban J connectivity index is 2.22. The smallest absolute Gasteiger partial charge is 0.224 e. The average molecular weight is 245 g/mol. The van der Waals surface area contributed by atoms with Gasteiger partial charge in [0.05, 0.1) is 10.9 Å². The average Bonchev–Trinajstić information content (AvgIpc) is 2.44. The molecule has 18 heavy (non-hydrogen) atoms. The van der Waals surface area contributed by atoms with Gasteiger partial charge < -0.3 is 10.5 Å². The number of hydrogen-bond acceptors (Lipinski definition) is 4. The molecule has 0 fully saturated rings. The van der Waals surface area contributed by atoms with Crippen LogP contribution in [0.15, 0.2) is 30.6 Å². The number of benzene rings is 1. The Morgan fingerprint density at radius 1 is 1.17 bits per heavy atom. The van der Waals surface area contributed by atoms with Crippen molar-refractivity contribution in [2.45, 2.75) is 32.2 Å². The molecule has 0 aliphatic carbocycles. The van der Waals surface area contributed by atoms with Gasteiger partial charge in [-0.15, -0.1) is 0 Å². The van der Waals surface area contributed by atoms with Crippen LogP contribution in [-0.4, -0.2) is 22.1 Å². The lowest BCUT2D eigenvalue weighted by Gasteiger charge is -2.26. The maximum atomic E-state index is 6.22. The summed E-state index contributed by atoms with van der Waals surface area (Å²) >= 11 is 0. The lowest BCUT2D eigenvalue weighted by atomic mass is 9.96. The van der Waals surface area contributed by atoms with Crippen LogP contribution in [0, 0.1) is 0 Å². The molecule has 1 aromatic heterocycles. The molecule has 0 saturated heterocycles. The van der Waals surface area contributed by atoms with E-state index in [1.54, 1.807) is 0 Å². The van der Waals surface area contributed by atoms with Gasteiger partial charge >= 0.3 is 0 Å². The Kier molecular flexibility index (Phi) is 3.77. The van der Waals surface area contributed by atoms with Gasteiger partial charge in [0.1, 0.15) is 12.9 Å². The van der Waals surface area contributed by atoms with E-state index < -0.39 is 0 Å². The number of nitrogens with two attached hydrogens (primary N) is 1. The summed E-state index contributed by atoms with van der Waals surface area (Å²) in [6.07, 6.45) is 3.28. The first kappa shape index (κ1) is 12.8. The highest BCUT2D eigenvalue weighted by atomic mass is 16.5. The van der Waals surface area contributed by atoms with Crippen LogP contribution in [0.5, 0.6) is 5.88 Å². The standard InChI is InChI=1S/C14H19N3O/c1-3-14(15,4-2)9-18-13-11-7-5-6-8-12(11)16-10-17-13/h5-8,10H,3-4,9,15H2,1-2H3. The van der Waals surface area contributed by atoms with Gasteiger partial charge in [-0.25, -0.2) is 9.97 Å². The predicted octanol–water partition coefficient (Wildman–Crippen LogP) is 2.53. The molecule has 0 unspecified atom stereocenters. The highest BCUT2D eigenvalue weighted by molar-refractivity contribution is 5.82. The van der Waals surface area contributed by atoms with E-state index in [9.17, 15) is 0 Å². The molecule has 2 aromatic rings. The first-order valence-corrected chi connectivity index (χ1v) is 6.30. The molecule has 96 valence electrons. The minimum absolute atomic E-state index is 0.286. The van der Waals surface area contributed by atoms with Crippen LogP contribution in [0.1, 0.15) is 26.7 Å². The third-order valence-electron chi connectivity index (χ3n) is 3.41. The summed E-state index contributed by atoms with van der Waals surface area (Å²) < 4.78 is 5.79. The van der Waals surface area contributed by atoms with E-state index in [4.69, 9.17) is 10.5 Å². The highest BCUT2D eigenvalue weighted by Gasteiger charge is 2.21. The fourth-order valence-corrected chi connectivity index (χ4v) is 1.76. The minimum atomic E-state index is -0.286. The van der Waals surface area contributed by atoms with E-state index in [2.05, 4.69) is 23.8 Å². The van der Waals surface area contributed by atoms with Gasteiger partial charge in [0.25, 0.3) is 0 Å². The lowest BCUT2D eigenvalue weighted by molar-refractivity contribution is 0.203. The zero-order valence-corrected chi connectivity index (χ0v) is 10.9. The van der Waals surface area contributed by atoms with Crippen molar-refractivity contribution >= 4 is 10.9 Å². The van der Waals surface area contributed by atoms with Crippen molar-refractivity contribution < 1.29 is 4.74 Å². The van der Waals surface area contributed by atoms with Crippen LogP contribution < -0.4 is 10.5 Å². The van der Waals surface area contributed by atoms with Crippen LogP contribution in [0.2, 0.25) is 0 Å². The molecule has 0 radical (unpaired) electrons. The lowest BCUT2D eigenvalue weighted by Crippen LogP contribution is -2.44. The van der Waals surface area contributed by atoms with Gasteiger partial charge in [-0.05, 0) is 25.0 Å². The quantitative estimate of drug-likeness (QED) is 0.879. The molecule has 0 amide bonds. The number of fused-ring (bicyclic) bond motifs is 1. The van der Waals surface area contributed by atoms with Crippen molar-refractivity contribution in [2.75, 3.05) is 6.61 Å². The zero-order chi connectivity index (χ0) is 13.0. The van der Waals surface area contributed by atoms with Crippen LogP contribution in [0.4, 0.5) is 0 Å². The van der Waals surface area contributed by atoms with Gasteiger partial charge in [-0.2, -0.15) is 0 Å². The molecule has 0 atom stereocenters. The van der Waals surface area contributed by atoms with E-state index in [1.807, 2.05) is 24.3 Å². The number of aromatic nitrogens is 2. The second kappa shape index (κ2) is 5.31. The largest absolute Gasteiger partial charge is 0.475 e. The molecule has 2 rings (SSSR count). The van der Waals surface area contributed by atoms with Crippen molar-refractivity contribution in [1.29, 1.82) is 0 Å². The van der Waals surface area contributed by atoms with E-state index in [0.717, 1.165) is 23.7 Å². The van der Waals surface area contributed by atoms with E-state index >= 15 is 0 Å². The Morgan fingerprint density at radius 2 is 1.89 bits per heavy atom. The second-order valence-corrected chi connectivity index (χ2v) is 4.55. The maximum Gasteiger partial charge on any atom is 0.224 e. The monoisotopic (exact) mass is 245 g/mol. The molecule has 0 aliphatic rings. The molecular formula is C14H19N3O. The number of nitrogens with zero attached hydrogens (tertiary/aromatic N) is 2. The number of ether oxygens (including phenoxy) is 1. The summed E-state index contributed by atoms with van der Waals surface area (Å²) in [5.41, 5.74) is 6.82.